The van der Waals surface area contributed by atoms with Crippen molar-refractivity contribution in [2.24, 2.45) is 0 Å². The Labute approximate surface area is 168 Å². The van der Waals surface area contributed by atoms with E-state index in [1.54, 1.807) is 40.5 Å². The molecule has 3 aromatic heterocycles. The Bertz CT molecular complexity index is 1400. The maximum Gasteiger partial charge on any atom is 0.341 e. The van der Waals surface area contributed by atoms with Crippen LogP contribution in [0.15, 0.2) is 41.7 Å². The van der Waals surface area contributed by atoms with Gasteiger partial charge in [0.25, 0.3) is 0 Å². The Morgan fingerprint density at radius 3 is 2.76 bits per heavy atom. The molecule has 3 heterocycles. The molecule has 1 aromatic carbocycles. The Morgan fingerprint density at radius 1 is 1.31 bits per heavy atom. The summed E-state index contributed by atoms with van der Waals surface area (Å²) in [5.74, 6) is -1.92. The van der Waals surface area contributed by atoms with Crippen LogP contribution in [0.2, 0.25) is 5.02 Å². The van der Waals surface area contributed by atoms with E-state index in [0.717, 1.165) is 18.9 Å². The number of rotatable bonds is 3. The van der Waals surface area contributed by atoms with Gasteiger partial charge in [-0.1, -0.05) is 11.6 Å². The molecule has 0 atom stereocenters. The van der Waals surface area contributed by atoms with E-state index in [2.05, 4.69) is 4.98 Å². The number of nitrogens with zero attached hydrogens (tertiary/aromatic N) is 3. The number of carboxylic acid groups (broad SMARTS) is 1. The van der Waals surface area contributed by atoms with Gasteiger partial charge in [0.05, 0.1) is 10.5 Å². The molecule has 0 amide bonds. The molecular weight excluding hydrogens is 397 g/mol. The third kappa shape index (κ3) is 2.65. The summed E-state index contributed by atoms with van der Waals surface area (Å²) >= 11 is 6.32. The van der Waals surface area contributed by atoms with Crippen molar-refractivity contribution in [2.75, 3.05) is 0 Å². The quantitative estimate of drug-likeness (QED) is 0.540. The molecule has 1 aliphatic rings. The van der Waals surface area contributed by atoms with Crippen LogP contribution in [0.4, 0.5) is 4.39 Å². The molecule has 0 unspecified atom stereocenters. The number of hydrogen-bond acceptors (Lipinski definition) is 3. The van der Waals surface area contributed by atoms with Crippen molar-refractivity contribution in [1.82, 2.24) is 14.0 Å². The number of carbonyl (C=O) groups is 1. The van der Waals surface area contributed by atoms with Crippen molar-refractivity contribution < 1.29 is 14.3 Å². The average Bonchev–Trinajstić information content (AvgIpc) is 3.39. The van der Waals surface area contributed by atoms with Crippen molar-refractivity contribution in [3.05, 3.63) is 69.1 Å². The van der Waals surface area contributed by atoms with E-state index in [4.69, 9.17) is 11.6 Å². The summed E-state index contributed by atoms with van der Waals surface area (Å²) in [6.45, 7) is 1.74. The van der Waals surface area contributed by atoms with Crippen molar-refractivity contribution in [3.63, 3.8) is 0 Å². The number of aryl methyl sites for hydroxylation is 1. The minimum absolute atomic E-state index is 0.0744. The summed E-state index contributed by atoms with van der Waals surface area (Å²) in [6, 6.07) is 2.89. The number of hydrogen-bond donors (Lipinski definition) is 1. The molecule has 0 saturated heterocycles. The van der Waals surface area contributed by atoms with Gasteiger partial charge in [-0.05, 0) is 37.5 Å². The predicted octanol–water partition coefficient (Wildman–Crippen LogP) is 4.45. The highest BCUT2D eigenvalue weighted by Gasteiger charge is 2.29. The summed E-state index contributed by atoms with van der Waals surface area (Å²) in [5, 5.41) is 9.86. The number of fused-ring (bicyclic) bond motifs is 2. The summed E-state index contributed by atoms with van der Waals surface area (Å²) in [5.41, 5.74) is 1.54. The number of pyridine rings is 2. The van der Waals surface area contributed by atoms with Crippen LogP contribution in [0.3, 0.4) is 0 Å². The summed E-state index contributed by atoms with van der Waals surface area (Å²) in [4.78, 5) is 28.4. The fourth-order valence-corrected chi connectivity index (χ4v) is 4.22. The number of benzene rings is 1. The zero-order valence-corrected chi connectivity index (χ0v) is 16.1. The van der Waals surface area contributed by atoms with Crippen molar-refractivity contribution in [1.29, 1.82) is 0 Å². The Morgan fingerprint density at radius 2 is 2.07 bits per heavy atom. The monoisotopic (exact) mass is 411 g/mol. The van der Waals surface area contributed by atoms with Crippen molar-refractivity contribution >= 4 is 34.1 Å². The van der Waals surface area contributed by atoms with Crippen LogP contribution in [-0.4, -0.2) is 25.0 Å². The minimum Gasteiger partial charge on any atom is -0.477 e. The Balaban J connectivity index is 1.88. The first-order valence-corrected chi connectivity index (χ1v) is 9.48. The molecule has 4 aromatic rings. The first-order chi connectivity index (χ1) is 13.9. The third-order valence-electron chi connectivity index (χ3n) is 5.41. The maximum atomic E-state index is 15.2. The van der Waals surface area contributed by atoms with Gasteiger partial charge in [0.2, 0.25) is 5.43 Å². The lowest BCUT2D eigenvalue weighted by Gasteiger charge is -2.17. The van der Waals surface area contributed by atoms with Crippen LogP contribution < -0.4 is 5.43 Å². The second-order valence-electron chi connectivity index (χ2n) is 7.30. The van der Waals surface area contributed by atoms with E-state index in [1.165, 1.54) is 6.20 Å². The normalized spacial score (nSPS) is 14.0. The predicted molar refractivity (Wildman–Crippen MR) is 107 cm³/mol. The second kappa shape index (κ2) is 6.15. The topological polar surface area (TPSA) is 76.6 Å². The van der Waals surface area contributed by atoms with Gasteiger partial charge in [-0.15, -0.1) is 0 Å². The highest BCUT2D eigenvalue weighted by atomic mass is 35.5. The SMILES string of the molecule is Cc1c(-c2cc(Cl)c3nccn3c2)c(F)cc2c(=O)c(C(=O)O)cn(C3CC3)c12. The number of aromatic carboxylic acids is 1. The van der Waals surface area contributed by atoms with E-state index in [9.17, 15) is 14.7 Å². The third-order valence-corrected chi connectivity index (χ3v) is 5.69. The molecule has 0 radical (unpaired) electrons. The fourth-order valence-electron chi connectivity index (χ4n) is 3.95. The molecule has 5 rings (SSSR count). The Hall–Kier alpha value is -3.19. The van der Waals surface area contributed by atoms with Gasteiger partial charge in [0.1, 0.15) is 11.4 Å². The zero-order chi connectivity index (χ0) is 20.4. The largest absolute Gasteiger partial charge is 0.477 e. The first kappa shape index (κ1) is 17.9. The molecule has 29 heavy (non-hydrogen) atoms. The van der Waals surface area contributed by atoms with Gasteiger partial charge in [-0.25, -0.2) is 14.2 Å². The molecular formula is C21H15ClFN3O3. The number of halogens is 2. The Kier molecular flexibility index (Phi) is 3.79. The highest BCUT2D eigenvalue weighted by molar-refractivity contribution is 6.33. The second-order valence-corrected chi connectivity index (χ2v) is 7.71. The van der Waals surface area contributed by atoms with E-state index < -0.39 is 17.2 Å². The number of imidazole rings is 1. The fraction of sp³-hybridized carbons (Fsp3) is 0.190. The smallest absolute Gasteiger partial charge is 0.341 e. The molecule has 6 nitrogen and oxygen atoms in total. The molecule has 1 aliphatic carbocycles. The lowest BCUT2D eigenvalue weighted by atomic mass is 9.96. The van der Waals surface area contributed by atoms with Gasteiger partial charge in [-0.3, -0.25) is 4.79 Å². The highest BCUT2D eigenvalue weighted by Crippen LogP contribution is 2.40. The minimum atomic E-state index is -1.31. The van der Waals surface area contributed by atoms with E-state index in [-0.39, 0.29) is 17.0 Å². The molecule has 1 saturated carbocycles. The van der Waals surface area contributed by atoms with E-state index >= 15 is 4.39 Å². The molecule has 8 heteroatoms. The van der Waals surface area contributed by atoms with Crippen LogP contribution in [0.5, 0.6) is 0 Å². The number of aromatic nitrogens is 3. The molecule has 146 valence electrons. The van der Waals surface area contributed by atoms with Crippen molar-refractivity contribution in [3.8, 4) is 11.1 Å². The van der Waals surface area contributed by atoms with E-state index in [1.807, 2.05) is 0 Å². The van der Waals surface area contributed by atoms with E-state index in [0.29, 0.717) is 32.9 Å². The van der Waals surface area contributed by atoms with Gasteiger partial charge in [0.15, 0.2) is 5.65 Å². The molecule has 0 bridgehead atoms. The molecule has 0 aliphatic heterocycles. The average molecular weight is 412 g/mol. The van der Waals surface area contributed by atoms with Crippen LogP contribution in [0.1, 0.15) is 34.8 Å². The zero-order valence-electron chi connectivity index (χ0n) is 15.3. The van der Waals surface area contributed by atoms with Crippen LogP contribution >= 0.6 is 11.6 Å². The lowest BCUT2D eigenvalue weighted by Crippen LogP contribution is -2.19. The number of carboxylic acids is 1. The van der Waals surface area contributed by atoms with Crippen LogP contribution in [0, 0.1) is 12.7 Å². The standard InChI is InChI=1S/C21H15ClFN3O3/c1-10-17(11-6-15(22)20-24-4-5-25(20)8-11)16(23)7-13-18(10)26(12-2-3-12)9-14(19(13)27)21(28)29/h4-9,12H,2-3H2,1H3,(H,28,29). The van der Waals surface area contributed by atoms with Crippen LogP contribution in [-0.2, 0) is 0 Å². The van der Waals surface area contributed by atoms with Gasteiger partial charge in [0, 0.05) is 47.3 Å². The van der Waals surface area contributed by atoms with Crippen LogP contribution in [0.25, 0.3) is 27.7 Å². The van der Waals surface area contributed by atoms with Crippen molar-refractivity contribution in [2.45, 2.75) is 25.8 Å². The van der Waals surface area contributed by atoms with Gasteiger partial charge < -0.3 is 14.1 Å². The van der Waals surface area contributed by atoms with Gasteiger partial charge >= 0.3 is 5.97 Å². The van der Waals surface area contributed by atoms with Gasteiger partial charge in [-0.2, -0.15) is 0 Å². The lowest BCUT2D eigenvalue weighted by molar-refractivity contribution is 0.0695. The molecule has 1 fully saturated rings. The first-order valence-electron chi connectivity index (χ1n) is 9.10. The summed E-state index contributed by atoms with van der Waals surface area (Å²) < 4.78 is 18.7. The maximum absolute atomic E-state index is 15.2. The molecule has 1 N–H and O–H groups in total. The molecule has 0 spiro atoms. The summed E-state index contributed by atoms with van der Waals surface area (Å²) in [7, 11) is 0. The summed E-state index contributed by atoms with van der Waals surface area (Å²) in [6.07, 6.45) is 8.21.